The Bertz CT molecular complexity index is 514. The maximum Gasteiger partial charge on any atom is 0.191 e. The highest BCUT2D eigenvalue weighted by molar-refractivity contribution is 5.79. The lowest BCUT2D eigenvalue weighted by atomic mass is 10.0. The van der Waals surface area contributed by atoms with Crippen molar-refractivity contribution in [1.29, 1.82) is 0 Å². The van der Waals surface area contributed by atoms with Crippen LogP contribution in [0.2, 0.25) is 0 Å². The van der Waals surface area contributed by atoms with Gasteiger partial charge in [-0.3, -0.25) is 14.6 Å². The number of hydrogen-bond acceptors (Lipinski definition) is 3. The molecule has 1 saturated heterocycles. The molecule has 0 bridgehead atoms. The third-order valence-corrected chi connectivity index (χ3v) is 5.05. The van der Waals surface area contributed by atoms with Crippen molar-refractivity contribution >= 4 is 5.96 Å². The summed E-state index contributed by atoms with van der Waals surface area (Å²) in [4.78, 5) is 7.05. The summed E-state index contributed by atoms with van der Waals surface area (Å²) in [6.07, 6.45) is 10.4. The van der Waals surface area contributed by atoms with Gasteiger partial charge in [-0.05, 0) is 43.8 Å². The zero-order valence-electron chi connectivity index (χ0n) is 16.5. The Hall–Kier alpha value is -1.56. The number of nitrogens with zero attached hydrogens (tertiary/aromatic N) is 4. The normalized spacial score (nSPS) is 18.2. The van der Waals surface area contributed by atoms with Crippen LogP contribution in [0.25, 0.3) is 0 Å². The number of aliphatic imine (C=N–C) groups is 1. The van der Waals surface area contributed by atoms with E-state index in [0.717, 1.165) is 25.5 Å². The predicted octanol–water partition coefficient (Wildman–Crippen LogP) is 2.03. The van der Waals surface area contributed by atoms with E-state index in [1.807, 2.05) is 25.0 Å². The molecule has 1 aliphatic heterocycles. The standard InChI is InChI=1S/C19H36N6/c1-16(2)18(25-11-7-5-6-8-12-25)14-22-19(20-3)21-10-9-17-13-23-24(4)15-17/h13,15-16,18H,5-12,14H2,1-4H3,(H2,20,21,22). The fraction of sp³-hybridized carbons (Fsp3) is 0.789. The maximum absolute atomic E-state index is 4.37. The van der Waals surface area contributed by atoms with Gasteiger partial charge in [-0.15, -0.1) is 0 Å². The fourth-order valence-electron chi connectivity index (χ4n) is 3.56. The Balaban J connectivity index is 1.78. The first-order chi connectivity index (χ1) is 12.1. The molecule has 6 heteroatoms. The summed E-state index contributed by atoms with van der Waals surface area (Å²) in [6.45, 7) is 8.94. The largest absolute Gasteiger partial charge is 0.356 e. The van der Waals surface area contributed by atoms with E-state index in [9.17, 15) is 0 Å². The Morgan fingerprint density at radius 1 is 1.20 bits per heavy atom. The molecule has 0 radical (unpaired) electrons. The molecule has 0 saturated carbocycles. The molecule has 1 fully saturated rings. The van der Waals surface area contributed by atoms with Crippen molar-refractivity contribution in [3.63, 3.8) is 0 Å². The van der Waals surface area contributed by atoms with Crippen molar-refractivity contribution < 1.29 is 0 Å². The minimum absolute atomic E-state index is 0.565. The van der Waals surface area contributed by atoms with Crippen LogP contribution in [0.4, 0.5) is 0 Å². The number of nitrogens with one attached hydrogen (secondary N) is 2. The summed E-state index contributed by atoms with van der Waals surface area (Å²) < 4.78 is 1.84. The zero-order chi connectivity index (χ0) is 18.1. The van der Waals surface area contributed by atoms with Crippen molar-refractivity contribution in [1.82, 2.24) is 25.3 Å². The average Bonchev–Trinajstić information content (AvgIpc) is 2.84. The van der Waals surface area contributed by atoms with Gasteiger partial charge < -0.3 is 10.6 Å². The van der Waals surface area contributed by atoms with Gasteiger partial charge in [-0.2, -0.15) is 5.10 Å². The lowest BCUT2D eigenvalue weighted by molar-refractivity contribution is 0.161. The molecule has 0 aliphatic carbocycles. The number of hydrogen-bond donors (Lipinski definition) is 2. The molecular formula is C19H36N6. The summed E-state index contributed by atoms with van der Waals surface area (Å²) in [6, 6.07) is 0.565. The Morgan fingerprint density at radius 3 is 2.48 bits per heavy atom. The minimum atomic E-state index is 0.565. The van der Waals surface area contributed by atoms with E-state index in [0.29, 0.717) is 12.0 Å². The molecule has 6 nitrogen and oxygen atoms in total. The van der Waals surface area contributed by atoms with E-state index in [1.54, 1.807) is 0 Å². The third kappa shape index (κ3) is 6.69. The van der Waals surface area contributed by atoms with E-state index >= 15 is 0 Å². The van der Waals surface area contributed by atoms with Crippen LogP contribution in [-0.4, -0.2) is 59.9 Å². The molecular weight excluding hydrogens is 312 g/mol. The Labute approximate surface area is 153 Å². The molecule has 0 aromatic carbocycles. The molecule has 2 rings (SSSR count). The molecule has 1 aromatic rings. The van der Waals surface area contributed by atoms with Crippen molar-refractivity contribution in [3.8, 4) is 0 Å². The van der Waals surface area contributed by atoms with Crippen LogP contribution >= 0.6 is 0 Å². The van der Waals surface area contributed by atoms with Crippen LogP contribution in [0.3, 0.4) is 0 Å². The van der Waals surface area contributed by atoms with Crippen LogP contribution in [0.1, 0.15) is 45.1 Å². The van der Waals surface area contributed by atoms with Crippen molar-refractivity contribution in [2.45, 2.75) is 52.0 Å². The topological polar surface area (TPSA) is 57.5 Å². The molecule has 25 heavy (non-hydrogen) atoms. The second-order valence-corrected chi connectivity index (χ2v) is 7.41. The van der Waals surface area contributed by atoms with Gasteiger partial charge in [0.05, 0.1) is 6.20 Å². The molecule has 0 spiro atoms. The van der Waals surface area contributed by atoms with Crippen molar-refractivity contribution in [3.05, 3.63) is 18.0 Å². The molecule has 1 aliphatic rings. The third-order valence-electron chi connectivity index (χ3n) is 5.05. The highest BCUT2D eigenvalue weighted by Crippen LogP contribution is 2.17. The number of aromatic nitrogens is 2. The SMILES string of the molecule is CN=C(NCCc1cnn(C)c1)NCC(C(C)C)N1CCCCCC1. The summed E-state index contributed by atoms with van der Waals surface area (Å²) in [5.41, 5.74) is 1.25. The smallest absolute Gasteiger partial charge is 0.191 e. The molecule has 2 heterocycles. The van der Waals surface area contributed by atoms with Crippen LogP contribution in [0, 0.1) is 5.92 Å². The van der Waals surface area contributed by atoms with Gasteiger partial charge in [0.2, 0.25) is 0 Å². The fourth-order valence-corrected chi connectivity index (χ4v) is 3.56. The number of rotatable bonds is 7. The van der Waals surface area contributed by atoms with E-state index in [4.69, 9.17) is 0 Å². The van der Waals surface area contributed by atoms with Crippen LogP contribution < -0.4 is 10.6 Å². The lowest BCUT2D eigenvalue weighted by Crippen LogP contribution is -2.50. The van der Waals surface area contributed by atoms with Gasteiger partial charge in [0.1, 0.15) is 0 Å². The van der Waals surface area contributed by atoms with Crippen molar-refractivity contribution in [2.75, 3.05) is 33.2 Å². The van der Waals surface area contributed by atoms with E-state index in [-0.39, 0.29) is 0 Å². The molecule has 142 valence electrons. The highest BCUT2D eigenvalue weighted by Gasteiger charge is 2.22. The van der Waals surface area contributed by atoms with Gasteiger partial charge in [0, 0.05) is 39.4 Å². The van der Waals surface area contributed by atoms with Crippen LogP contribution in [0.15, 0.2) is 17.4 Å². The molecule has 0 amide bonds. The van der Waals surface area contributed by atoms with Gasteiger partial charge in [-0.25, -0.2) is 0 Å². The lowest BCUT2D eigenvalue weighted by Gasteiger charge is -2.34. The number of guanidine groups is 1. The minimum Gasteiger partial charge on any atom is -0.356 e. The Kier molecular flexibility index (Phi) is 8.25. The summed E-state index contributed by atoms with van der Waals surface area (Å²) >= 11 is 0. The monoisotopic (exact) mass is 348 g/mol. The maximum atomic E-state index is 4.37. The quantitative estimate of drug-likeness (QED) is 0.585. The molecule has 2 N–H and O–H groups in total. The molecule has 1 aromatic heterocycles. The van der Waals surface area contributed by atoms with Gasteiger partial charge in [-0.1, -0.05) is 26.7 Å². The van der Waals surface area contributed by atoms with Gasteiger partial charge in [0.25, 0.3) is 0 Å². The zero-order valence-corrected chi connectivity index (χ0v) is 16.5. The van der Waals surface area contributed by atoms with E-state index in [2.05, 4.69) is 45.7 Å². The highest BCUT2D eigenvalue weighted by atomic mass is 15.2. The van der Waals surface area contributed by atoms with Gasteiger partial charge >= 0.3 is 0 Å². The first-order valence-electron chi connectivity index (χ1n) is 9.76. The Morgan fingerprint density at radius 2 is 1.92 bits per heavy atom. The molecule has 1 unspecified atom stereocenters. The van der Waals surface area contributed by atoms with Crippen LogP contribution in [0.5, 0.6) is 0 Å². The van der Waals surface area contributed by atoms with E-state index < -0.39 is 0 Å². The van der Waals surface area contributed by atoms with Gasteiger partial charge in [0.15, 0.2) is 5.96 Å². The first-order valence-corrected chi connectivity index (χ1v) is 9.76. The second kappa shape index (κ2) is 10.4. The second-order valence-electron chi connectivity index (χ2n) is 7.41. The predicted molar refractivity (Wildman–Crippen MR) is 105 cm³/mol. The molecule has 1 atom stereocenters. The first kappa shape index (κ1) is 19.8. The van der Waals surface area contributed by atoms with Crippen LogP contribution in [-0.2, 0) is 13.5 Å². The number of aryl methyl sites for hydroxylation is 1. The van der Waals surface area contributed by atoms with E-state index in [1.165, 1.54) is 44.3 Å². The average molecular weight is 349 g/mol. The number of likely N-dealkylation sites (tertiary alicyclic amines) is 1. The summed E-state index contributed by atoms with van der Waals surface area (Å²) in [5.74, 6) is 1.53. The van der Waals surface area contributed by atoms with Crippen molar-refractivity contribution in [2.24, 2.45) is 18.0 Å². The summed E-state index contributed by atoms with van der Waals surface area (Å²) in [5, 5.41) is 11.2. The summed E-state index contributed by atoms with van der Waals surface area (Å²) in [7, 11) is 3.79.